The Bertz CT molecular complexity index is 425. The maximum absolute atomic E-state index is 5.27. The van der Waals surface area contributed by atoms with Gasteiger partial charge in [0.2, 0.25) is 0 Å². The number of aromatic nitrogens is 1. The lowest BCUT2D eigenvalue weighted by Gasteiger charge is -2.29. The van der Waals surface area contributed by atoms with Crippen molar-refractivity contribution in [2.24, 2.45) is 10.4 Å². The number of hydrogen-bond donors (Lipinski definition) is 2. The van der Waals surface area contributed by atoms with E-state index in [1.165, 1.54) is 25.7 Å². The molecule has 1 heterocycles. The molecular weight excluding hydrogens is 268 g/mol. The van der Waals surface area contributed by atoms with Crippen molar-refractivity contribution in [2.75, 3.05) is 27.3 Å². The fourth-order valence-corrected chi connectivity index (χ4v) is 2.95. The molecular formula is C15H26N4O2. The van der Waals surface area contributed by atoms with Crippen LogP contribution in [0.4, 0.5) is 0 Å². The van der Waals surface area contributed by atoms with E-state index in [2.05, 4.69) is 20.8 Å². The molecule has 1 saturated carbocycles. The monoisotopic (exact) mass is 294 g/mol. The highest BCUT2D eigenvalue weighted by Crippen LogP contribution is 2.40. The standard InChI is InChI=1S/C15H26N4O2/c1-16-14(17-11-13-5-9-21-19-13)18-12-15(8-10-20-2)6-3-4-7-15/h5,9H,3-4,6-8,10-12H2,1-2H3,(H2,16,17,18). The molecule has 0 spiro atoms. The van der Waals surface area contributed by atoms with Crippen LogP contribution in [0.25, 0.3) is 0 Å². The third-order valence-electron chi connectivity index (χ3n) is 4.28. The molecule has 1 aromatic rings. The Morgan fingerprint density at radius 3 is 2.86 bits per heavy atom. The number of methoxy groups -OCH3 is 1. The van der Waals surface area contributed by atoms with Crippen molar-refractivity contribution in [3.63, 3.8) is 0 Å². The van der Waals surface area contributed by atoms with Gasteiger partial charge in [0.25, 0.3) is 0 Å². The van der Waals surface area contributed by atoms with Crippen LogP contribution in [0, 0.1) is 5.41 Å². The van der Waals surface area contributed by atoms with E-state index in [1.54, 1.807) is 20.4 Å². The number of aliphatic imine (C=N–C) groups is 1. The van der Waals surface area contributed by atoms with E-state index in [4.69, 9.17) is 9.26 Å². The van der Waals surface area contributed by atoms with Gasteiger partial charge in [-0.25, -0.2) is 0 Å². The maximum atomic E-state index is 5.27. The molecule has 21 heavy (non-hydrogen) atoms. The first-order valence-electron chi connectivity index (χ1n) is 7.61. The Labute approximate surface area is 126 Å². The van der Waals surface area contributed by atoms with Crippen LogP contribution in [0.5, 0.6) is 0 Å². The zero-order valence-electron chi connectivity index (χ0n) is 13.0. The third-order valence-corrected chi connectivity index (χ3v) is 4.28. The second-order valence-electron chi connectivity index (χ2n) is 5.72. The van der Waals surface area contributed by atoms with E-state index in [1.807, 2.05) is 6.07 Å². The van der Waals surface area contributed by atoms with Crippen molar-refractivity contribution in [2.45, 2.75) is 38.6 Å². The van der Waals surface area contributed by atoms with Gasteiger partial charge in [0.05, 0.1) is 6.54 Å². The molecule has 0 radical (unpaired) electrons. The van der Waals surface area contributed by atoms with Crippen molar-refractivity contribution in [3.8, 4) is 0 Å². The van der Waals surface area contributed by atoms with E-state index in [0.717, 1.165) is 31.2 Å². The summed E-state index contributed by atoms with van der Waals surface area (Å²) in [6.45, 7) is 2.38. The SMILES string of the molecule is CN=C(NCc1ccon1)NCC1(CCOC)CCCC1. The van der Waals surface area contributed by atoms with Crippen LogP contribution >= 0.6 is 0 Å². The Morgan fingerprint density at radius 2 is 2.24 bits per heavy atom. The third kappa shape index (κ3) is 4.74. The van der Waals surface area contributed by atoms with Crippen molar-refractivity contribution in [3.05, 3.63) is 18.0 Å². The van der Waals surface area contributed by atoms with Gasteiger partial charge in [0.15, 0.2) is 5.96 Å². The van der Waals surface area contributed by atoms with Gasteiger partial charge in [0.1, 0.15) is 12.0 Å². The van der Waals surface area contributed by atoms with E-state index >= 15 is 0 Å². The number of rotatable bonds is 7. The van der Waals surface area contributed by atoms with Crippen LogP contribution in [0.1, 0.15) is 37.8 Å². The summed E-state index contributed by atoms with van der Waals surface area (Å²) in [5.41, 5.74) is 1.22. The molecule has 0 aromatic carbocycles. The second kappa shape index (κ2) is 8.02. The maximum Gasteiger partial charge on any atom is 0.191 e. The van der Waals surface area contributed by atoms with E-state index < -0.39 is 0 Å². The van der Waals surface area contributed by atoms with Gasteiger partial charge in [-0.3, -0.25) is 4.99 Å². The molecule has 0 saturated heterocycles. The zero-order chi connectivity index (χ0) is 15.0. The minimum Gasteiger partial charge on any atom is -0.385 e. The lowest BCUT2D eigenvalue weighted by atomic mass is 9.83. The summed E-state index contributed by atoms with van der Waals surface area (Å²) in [6.07, 6.45) is 7.85. The lowest BCUT2D eigenvalue weighted by Crippen LogP contribution is -2.43. The molecule has 0 atom stereocenters. The van der Waals surface area contributed by atoms with Gasteiger partial charge < -0.3 is 19.9 Å². The summed E-state index contributed by atoms with van der Waals surface area (Å²) in [5.74, 6) is 0.807. The van der Waals surface area contributed by atoms with Crippen LogP contribution in [-0.2, 0) is 11.3 Å². The smallest absolute Gasteiger partial charge is 0.191 e. The van der Waals surface area contributed by atoms with Crippen molar-refractivity contribution in [1.29, 1.82) is 0 Å². The summed E-state index contributed by atoms with van der Waals surface area (Å²) in [6, 6.07) is 1.84. The number of guanidine groups is 1. The number of nitrogens with one attached hydrogen (secondary N) is 2. The zero-order valence-corrected chi connectivity index (χ0v) is 13.0. The van der Waals surface area contributed by atoms with Crippen LogP contribution in [0.2, 0.25) is 0 Å². The van der Waals surface area contributed by atoms with Gasteiger partial charge in [-0.2, -0.15) is 0 Å². The van der Waals surface area contributed by atoms with Crippen molar-refractivity contribution >= 4 is 5.96 Å². The Kier molecular flexibility index (Phi) is 6.04. The highest BCUT2D eigenvalue weighted by molar-refractivity contribution is 5.79. The Hall–Kier alpha value is -1.56. The van der Waals surface area contributed by atoms with Gasteiger partial charge in [-0.05, 0) is 24.7 Å². The average Bonchev–Trinajstić information content (AvgIpc) is 3.17. The average molecular weight is 294 g/mol. The first kappa shape index (κ1) is 15.8. The molecule has 6 nitrogen and oxygen atoms in total. The predicted molar refractivity (Wildman–Crippen MR) is 82.1 cm³/mol. The molecule has 1 aliphatic carbocycles. The molecule has 2 rings (SSSR count). The first-order chi connectivity index (χ1) is 10.3. The van der Waals surface area contributed by atoms with Gasteiger partial charge >= 0.3 is 0 Å². The van der Waals surface area contributed by atoms with Crippen LogP contribution in [-0.4, -0.2) is 38.4 Å². The molecule has 0 aliphatic heterocycles. The fraction of sp³-hybridized carbons (Fsp3) is 0.733. The second-order valence-corrected chi connectivity index (χ2v) is 5.72. The van der Waals surface area contributed by atoms with E-state index in [0.29, 0.717) is 12.0 Å². The highest BCUT2D eigenvalue weighted by Gasteiger charge is 2.33. The quantitative estimate of drug-likeness (QED) is 0.594. The highest BCUT2D eigenvalue weighted by atomic mass is 16.5. The molecule has 2 N–H and O–H groups in total. The molecule has 118 valence electrons. The van der Waals surface area contributed by atoms with Gasteiger partial charge in [0, 0.05) is 33.4 Å². The van der Waals surface area contributed by atoms with Crippen LogP contribution < -0.4 is 10.6 Å². The molecule has 1 aliphatic rings. The normalized spacial score (nSPS) is 17.9. The van der Waals surface area contributed by atoms with Gasteiger partial charge in [-0.1, -0.05) is 18.0 Å². The minimum atomic E-state index is 0.349. The summed E-state index contributed by atoms with van der Waals surface area (Å²) < 4.78 is 10.1. The lowest BCUT2D eigenvalue weighted by molar-refractivity contribution is 0.138. The minimum absolute atomic E-state index is 0.349. The number of ether oxygens (including phenoxy) is 1. The summed E-state index contributed by atoms with van der Waals surface area (Å²) in [4.78, 5) is 4.26. The molecule has 0 bridgehead atoms. The topological polar surface area (TPSA) is 71.7 Å². The molecule has 1 fully saturated rings. The Balaban J connectivity index is 1.80. The predicted octanol–water partition coefficient (Wildman–Crippen LogP) is 1.94. The fourth-order valence-electron chi connectivity index (χ4n) is 2.95. The molecule has 0 unspecified atom stereocenters. The first-order valence-corrected chi connectivity index (χ1v) is 7.61. The summed E-state index contributed by atoms with van der Waals surface area (Å²) >= 11 is 0. The molecule has 0 amide bonds. The van der Waals surface area contributed by atoms with Crippen LogP contribution in [0.3, 0.4) is 0 Å². The summed E-state index contributed by atoms with van der Waals surface area (Å²) in [5, 5.41) is 10.6. The summed E-state index contributed by atoms with van der Waals surface area (Å²) in [7, 11) is 3.56. The van der Waals surface area contributed by atoms with Crippen molar-refractivity contribution in [1.82, 2.24) is 15.8 Å². The van der Waals surface area contributed by atoms with E-state index in [9.17, 15) is 0 Å². The van der Waals surface area contributed by atoms with E-state index in [-0.39, 0.29) is 0 Å². The molecule has 1 aromatic heterocycles. The van der Waals surface area contributed by atoms with Crippen LogP contribution in [0.15, 0.2) is 21.8 Å². The Morgan fingerprint density at radius 1 is 1.43 bits per heavy atom. The largest absolute Gasteiger partial charge is 0.385 e. The van der Waals surface area contributed by atoms with Gasteiger partial charge in [-0.15, -0.1) is 0 Å². The molecule has 6 heteroatoms. The van der Waals surface area contributed by atoms with Crippen molar-refractivity contribution < 1.29 is 9.26 Å². The number of hydrogen-bond acceptors (Lipinski definition) is 4. The number of nitrogens with zero attached hydrogens (tertiary/aromatic N) is 2.